The van der Waals surface area contributed by atoms with E-state index in [0.717, 1.165) is 16.7 Å². The monoisotopic (exact) mass is 319 g/mol. The van der Waals surface area contributed by atoms with Crippen LogP contribution in [-0.4, -0.2) is 25.8 Å². The maximum Gasteiger partial charge on any atom is 0.335 e. The van der Waals surface area contributed by atoms with E-state index in [1.807, 2.05) is 31.4 Å². The average Bonchev–Trinajstić information content (AvgIpc) is 3.20. The van der Waals surface area contributed by atoms with Crippen LogP contribution in [-0.2, 0) is 7.05 Å². The Morgan fingerprint density at radius 3 is 2.83 bits per heavy atom. The SMILES string of the molecule is Cn1cc(-c2cc3nccc(-c4cccc(C(=O)O)c4)c3o2)cn1. The van der Waals surface area contributed by atoms with Crippen molar-refractivity contribution < 1.29 is 14.3 Å². The molecule has 6 heteroatoms. The van der Waals surface area contributed by atoms with Crippen molar-refractivity contribution in [1.82, 2.24) is 14.8 Å². The van der Waals surface area contributed by atoms with Crippen LogP contribution in [0.2, 0.25) is 0 Å². The highest BCUT2D eigenvalue weighted by Gasteiger charge is 2.14. The van der Waals surface area contributed by atoms with Crippen molar-refractivity contribution >= 4 is 17.1 Å². The molecule has 6 nitrogen and oxygen atoms in total. The van der Waals surface area contributed by atoms with Crippen molar-refractivity contribution in [1.29, 1.82) is 0 Å². The number of benzene rings is 1. The van der Waals surface area contributed by atoms with Crippen molar-refractivity contribution in [2.24, 2.45) is 7.05 Å². The van der Waals surface area contributed by atoms with Gasteiger partial charge in [-0.2, -0.15) is 5.10 Å². The Labute approximate surface area is 137 Å². The highest BCUT2D eigenvalue weighted by Crippen LogP contribution is 2.33. The first-order chi connectivity index (χ1) is 11.6. The highest BCUT2D eigenvalue weighted by molar-refractivity contribution is 5.95. The average molecular weight is 319 g/mol. The fourth-order valence-electron chi connectivity index (χ4n) is 2.68. The zero-order chi connectivity index (χ0) is 16.7. The van der Waals surface area contributed by atoms with E-state index >= 15 is 0 Å². The molecule has 24 heavy (non-hydrogen) atoms. The Kier molecular flexibility index (Phi) is 3.16. The smallest absolute Gasteiger partial charge is 0.335 e. The lowest BCUT2D eigenvalue weighted by atomic mass is 10.0. The molecular weight excluding hydrogens is 306 g/mol. The number of pyridine rings is 1. The molecule has 118 valence electrons. The number of aromatic carboxylic acids is 1. The Morgan fingerprint density at radius 1 is 1.21 bits per heavy atom. The van der Waals surface area contributed by atoms with Crippen LogP contribution in [0.4, 0.5) is 0 Å². The highest BCUT2D eigenvalue weighted by atomic mass is 16.4. The molecule has 0 atom stereocenters. The molecule has 4 aromatic rings. The number of furan rings is 1. The molecule has 0 saturated carbocycles. The first-order valence-electron chi connectivity index (χ1n) is 7.33. The summed E-state index contributed by atoms with van der Waals surface area (Å²) in [5, 5.41) is 13.3. The third-order valence-corrected chi connectivity index (χ3v) is 3.82. The van der Waals surface area contributed by atoms with Crippen molar-refractivity contribution in [3.63, 3.8) is 0 Å². The number of carbonyl (C=O) groups is 1. The van der Waals surface area contributed by atoms with E-state index in [2.05, 4.69) is 10.1 Å². The predicted octanol–water partition coefficient (Wildman–Crippen LogP) is 3.59. The molecule has 0 fully saturated rings. The number of nitrogens with zero attached hydrogens (tertiary/aromatic N) is 3. The van der Waals surface area contributed by atoms with Crippen LogP contribution in [0.5, 0.6) is 0 Å². The van der Waals surface area contributed by atoms with Crippen LogP contribution < -0.4 is 0 Å². The topological polar surface area (TPSA) is 81.2 Å². The lowest BCUT2D eigenvalue weighted by molar-refractivity contribution is 0.0697. The van der Waals surface area contributed by atoms with E-state index in [0.29, 0.717) is 16.9 Å². The fourth-order valence-corrected chi connectivity index (χ4v) is 2.68. The molecule has 1 N–H and O–H groups in total. The molecule has 0 aliphatic carbocycles. The molecular formula is C18H13N3O3. The first-order valence-corrected chi connectivity index (χ1v) is 7.33. The number of hydrogen-bond acceptors (Lipinski definition) is 4. The molecule has 0 amide bonds. The van der Waals surface area contributed by atoms with Gasteiger partial charge in [-0.1, -0.05) is 12.1 Å². The van der Waals surface area contributed by atoms with Crippen LogP contribution in [0.3, 0.4) is 0 Å². The summed E-state index contributed by atoms with van der Waals surface area (Å²) in [7, 11) is 1.84. The first kappa shape index (κ1) is 14.2. The summed E-state index contributed by atoms with van der Waals surface area (Å²) in [5.74, 6) is -0.287. The molecule has 0 bridgehead atoms. The van der Waals surface area contributed by atoms with Crippen molar-refractivity contribution in [3.8, 4) is 22.5 Å². The molecule has 3 aromatic heterocycles. The fraction of sp³-hybridized carbons (Fsp3) is 0.0556. The third kappa shape index (κ3) is 2.34. The molecule has 1 aromatic carbocycles. The van der Waals surface area contributed by atoms with Crippen LogP contribution >= 0.6 is 0 Å². The Balaban J connectivity index is 1.89. The number of carboxylic acids is 1. The summed E-state index contributed by atoms with van der Waals surface area (Å²) in [6.07, 6.45) is 5.28. The largest absolute Gasteiger partial charge is 0.478 e. The van der Waals surface area contributed by atoms with Gasteiger partial charge in [-0.3, -0.25) is 9.67 Å². The lowest BCUT2D eigenvalue weighted by Gasteiger charge is -2.03. The number of hydrogen-bond donors (Lipinski definition) is 1. The molecule has 0 aliphatic rings. The molecule has 0 spiro atoms. The van der Waals surface area contributed by atoms with Crippen molar-refractivity contribution in [2.75, 3.05) is 0 Å². The number of aromatic nitrogens is 3. The van der Waals surface area contributed by atoms with Crippen molar-refractivity contribution in [3.05, 3.63) is 60.6 Å². The molecule has 0 aliphatic heterocycles. The normalized spacial score (nSPS) is 11.0. The summed E-state index contributed by atoms with van der Waals surface area (Å²) in [6, 6.07) is 10.4. The minimum absolute atomic E-state index is 0.233. The van der Waals surface area contributed by atoms with Crippen LogP contribution in [0.25, 0.3) is 33.6 Å². The lowest BCUT2D eigenvalue weighted by Crippen LogP contribution is -1.95. The Morgan fingerprint density at radius 2 is 2.08 bits per heavy atom. The second kappa shape index (κ2) is 5.34. The minimum atomic E-state index is -0.961. The summed E-state index contributed by atoms with van der Waals surface area (Å²) >= 11 is 0. The quantitative estimate of drug-likeness (QED) is 0.624. The Hall–Kier alpha value is -3.41. The summed E-state index contributed by atoms with van der Waals surface area (Å²) in [5.41, 5.74) is 4.01. The maximum atomic E-state index is 11.2. The van der Waals surface area contributed by atoms with Gasteiger partial charge in [-0.05, 0) is 23.8 Å². The summed E-state index contributed by atoms with van der Waals surface area (Å²) in [4.78, 5) is 15.5. The van der Waals surface area contributed by atoms with Crippen LogP contribution in [0.1, 0.15) is 10.4 Å². The van der Waals surface area contributed by atoms with Gasteiger partial charge < -0.3 is 9.52 Å². The number of aryl methyl sites for hydroxylation is 1. The predicted molar refractivity (Wildman–Crippen MR) is 88.6 cm³/mol. The minimum Gasteiger partial charge on any atom is -0.478 e. The standard InChI is InChI=1S/C18H13N3O3/c1-21-10-13(9-20-21)16-8-15-17(24-16)14(5-6-19-15)11-3-2-4-12(7-11)18(22)23/h2-10H,1H3,(H,22,23). The van der Waals surface area contributed by atoms with Gasteiger partial charge in [0.25, 0.3) is 0 Å². The molecule has 4 rings (SSSR count). The number of carboxylic acid groups (broad SMARTS) is 1. The maximum absolute atomic E-state index is 11.2. The van der Waals surface area contributed by atoms with Crippen LogP contribution in [0.15, 0.2) is 59.4 Å². The van der Waals surface area contributed by atoms with Gasteiger partial charge in [-0.15, -0.1) is 0 Å². The molecule has 0 unspecified atom stereocenters. The summed E-state index contributed by atoms with van der Waals surface area (Å²) in [6.45, 7) is 0. The van der Waals surface area contributed by atoms with Crippen molar-refractivity contribution in [2.45, 2.75) is 0 Å². The molecule has 0 saturated heterocycles. The molecule has 0 radical (unpaired) electrons. The second-order valence-electron chi connectivity index (χ2n) is 5.47. The van der Waals surface area contributed by atoms with E-state index < -0.39 is 5.97 Å². The van der Waals surface area contributed by atoms with E-state index in [1.54, 1.807) is 35.3 Å². The van der Waals surface area contributed by atoms with E-state index in [-0.39, 0.29) is 5.56 Å². The van der Waals surface area contributed by atoms with E-state index in [9.17, 15) is 9.90 Å². The van der Waals surface area contributed by atoms with Gasteiger partial charge in [0.2, 0.25) is 0 Å². The third-order valence-electron chi connectivity index (χ3n) is 3.82. The number of fused-ring (bicyclic) bond motifs is 1. The van der Waals surface area contributed by atoms with Gasteiger partial charge in [0.05, 0.1) is 17.3 Å². The van der Waals surface area contributed by atoms with Gasteiger partial charge in [0.1, 0.15) is 11.3 Å². The summed E-state index contributed by atoms with van der Waals surface area (Å²) < 4.78 is 7.69. The zero-order valence-electron chi connectivity index (χ0n) is 12.8. The Bertz CT molecular complexity index is 1060. The van der Waals surface area contributed by atoms with Gasteiger partial charge in [0.15, 0.2) is 5.58 Å². The number of rotatable bonds is 3. The van der Waals surface area contributed by atoms with Gasteiger partial charge in [0, 0.05) is 31.1 Å². The van der Waals surface area contributed by atoms with Crippen LogP contribution in [0, 0.1) is 0 Å². The zero-order valence-corrected chi connectivity index (χ0v) is 12.8. The van der Waals surface area contributed by atoms with Gasteiger partial charge in [-0.25, -0.2) is 4.79 Å². The van der Waals surface area contributed by atoms with Gasteiger partial charge >= 0.3 is 5.97 Å². The van der Waals surface area contributed by atoms with E-state index in [4.69, 9.17) is 4.42 Å². The van der Waals surface area contributed by atoms with E-state index in [1.165, 1.54) is 0 Å². The second-order valence-corrected chi connectivity index (χ2v) is 5.47. The molecule has 3 heterocycles.